The molecule has 2 N–H and O–H groups in total. The van der Waals surface area contributed by atoms with Gasteiger partial charge in [0, 0.05) is 25.8 Å². The Kier molecular flexibility index (Phi) is 3.66. The van der Waals surface area contributed by atoms with Crippen LogP contribution in [0.4, 0.5) is 0 Å². The van der Waals surface area contributed by atoms with E-state index in [1.54, 1.807) is 0 Å². The van der Waals surface area contributed by atoms with Gasteiger partial charge in [-0.25, -0.2) is 0 Å². The molecule has 0 aliphatic carbocycles. The molecular formula is C12H21N3O2. The van der Waals surface area contributed by atoms with Crippen molar-refractivity contribution in [3.05, 3.63) is 0 Å². The van der Waals surface area contributed by atoms with Gasteiger partial charge in [-0.2, -0.15) is 0 Å². The van der Waals surface area contributed by atoms with Gasteiger partial charge in [0.2, 0.25) is 0 Å². The van der Waals surface area contributed by atoms with Gasteiger partial charge in [0.1, 0.15) is 11.3 Å². The first-order valence-electron chi connectivity index (χ1n) is 6.35. The normalized spacial score (nSPS) is 22.4. The average molecular weight is 239 g/mol. The summed E-state index contributed by atoms with van der Waals surface area (Å²) in [6.45, 7) is 6.71. The van der Waals surface area contributed by atoms with Gasteiger partial charge in [-0.05, 0) is 19.0 Å². The van der Waals surface area contributed by atoms with Crippen LogP contribution in [-0.2, 0) is 9.63 Å². The van der Waals surface area contributed by atoms with Crippen molar-refractivity contribution in [3.63, 3.8) is 0 Å². The first-order valence-corrected chi connectivity index (χ1v) is 6.35. The summed E-state index contributed by atoms with van der Waals surface area (Å²) in [5, 5.41) is 10.1. The SMILES string of the molecule is CC(C)CNC(=O)C1=NOC2(CCNCC2)C1. The van der Waals surface area contributed by atoms with E-state index < -0.39 is 0 Å². The number of amides is 1. The fourth-order valence-electron chi connectivity index (χ4n) is 2.19. The predicted octanol–water partition coefficient (Wildman–Crippen LogP) is 0.657. The van der Waals surface area contributed by atoms with E-state index in [9.17, 15) is 4.79 Å². The Morgan fingerprint density at radius 2 is 2.24 bits per heavy atom. The number of nitrogens with one attached hydrogen (secondary N) is 2. The van der Waals surface area contributed by atoms with E-state index in [2.05, 4.69) is 29.6 Å². The topological polar surface area (TPSA) is 62.7 Å². The molecule has 1 amide bonds. The standard InChI is InChI=1S/C12H21N3O2/c1-9(2)8-14-11(16)10-7-12(17-15-10)3-5-13-6-4-12/h9,13H,3-8H2,1-2H3,(H,14,16). The fourth-order valence-corrected chi connectivity index (χ4v) is 2.19. The monoisotopic (exact) mass is 239 g/mol. The first-order chi connectivity index (χ1) is 8.11. The molecule has 0 aromatic rings. The van der Waals surface area contributed by atoms with E-state index in [4.69, 9.17) is 4.84 Å². The summed E-state index contributed by atoms with van der Waals surface area (Å²) in [5.74, 6) is 0.379. The molecule has 96 valence electrons. The second-order valence-corrected chi connectivity index (χ2v) is 5.34. The molecule has 5 heteroatoms. The Hall–Kier alpha value is -1.10. The summed E-state index contributed by atoms with van der Waals surface area (Å²) in [5.41, 5.74) is 0.336. The van der Waals surface area contributed by atoms with Crippen molar-refractivity contribution in [2.75, 3.05) is 19.6 Å². The van der Waals surface area contributed by atoms with Gasteiger partial charge in [-0.3, -0.25) is 4.79 Å². The number of carbonyl (C=O) groups excluding carboxylic acids is 1. The van der Waals surface area contributed by atoms with E-state index in [1.165, 1.54) is 0 Å². The van der Waals surface area contributed by atoms with Crippen LogP contribution in [0.2, 0.25) is 0 Å². The zero-order valence-corrected chi connectivity index (χ0v) is 10.6. The molecular weight excluding hydrogens is 218 g/mol. The minimum atomic E-state index is -0.213. The van der Waals surface area contributed by atoms with Crippen molar-refractivity contribution in [3.8, 4) is 0 Å². The number of piperidine rings is 1. The maximum atomic E-state index is 11.8. The highest BCUT2D eigenvalue weighted by Crippen LogP contribution is 2.32. The molecule has 1 fully saturated rings. The van der Waals surface area contributed by atoms with E-state index >= 15 is 0 Å². The lowest BCUT2D eigenvalue weighted by Gasteiger charge is -2.30. The molecule has 0 aromatic heterocycles. The van der Waals surface area contributed by atoms with Gasteiger partial charge >= 0.3 is 0 Å². The van der Waals surface area contributed by atoms with Crippen molar-refractivity contribution < 1.29 is 9.63 Å². The van der Waals surface area contributed by atoms with Crippen LogP contribution in [0, 0.1) is 5.92 Å². The molecule has 1 saturated heterocycles. The van der Waals surface area contributed by atoms with Crippen LogP contribution in [0.1, 0.15) is 33.1 Å². The van der Waals surface area contributed by atoms with Gasteiger partial charge in [-0.15, -0.1) is 0 Å². The highest BCUT2D eigenvalue weighted by atomic mass is 16.7. The van der Waals surface area contributed by atoms with Crippen molar-refractivity contribution in [2.24, 2.45) is 11.1 Å². The Labute approximate surface area is 102 Å². The van der Waals surface area contributed by atoms with Crippen molar-refractivity contribution >= 4 is 11.6 Å². The molecule has 2 rings (SSSR count). The van der Waals surface area contributed by atoms with E-state index in [0.29, 0.717) is 24.6 Å². The van der Waals surface area contributed by atoms with E-state index in [0.717, 1.165) is 25.9 Å². The van der Waals surface area contributed by atoms with Crippen LogP contribution in [0.25, 0.3) is 0 Å². The largest absolute Gasteiger partial charge is 0.388 e. The second kappa shape index (κ2) is 5.04. The first kappa shape index (κ1) is 12.4. The van der Waals surface area contributed by atoms with Crippen LogP contribution in [-0.4, -0.2) is 36.9 Å². The summed E-state index contributed by atoms with van der Waals surface area (Å²) in [6.07, 6.45) is 2.51. The zero-order chi connectivity index (χ0) is 12.3. The Morgan fingerprint density at radius 3 is 2.88 bits per heavy atom. The maximum Gasteiger partial charge on any atom is 0.269 e. The highest BCUT2D eigenvalue weighted by Gasteiger charge is 2.41. The van der Waals surface area contributed by atoms with Crippen molar-refractivity contribution in [2.45, 2.75) is 38.7 Å². The third-order valence-electron chi connectivity index (χ3n) is 3.29. The molecule has 0 unspecified atom stereocenters. The molecule has 2 heterocycles. The number of nitrogens with zero attached hydrogens (tertiary/aromatic N) is 1. The average Bonchev–Trinajstić information content (AvgIpc) is 2.71. The minimum Gasteiger partial charge on any atom is -0.388 e. The highest BCUT2D eigenvalue weighted by molar-refractivity contribution is 6.39. The van der Waals surface area contributed by atoms with Crippen molar-refractivity contribution in [1.29, 1.82) is 0 Å². The van der Waals surface area contributed by atoms with Crippen LogP contribution in [0.5, 0.6) is 0 Å². The second-order valence-electron chi connectivity index (χ2n) is 5.34. The van der Waals surface area contributed by atoms with Gasteiger partial charge in [0.25, 0.3) is 5.91 Å². The Balaban J connectivity index is 1.85. The molecule has 0 aromatic carbocycles. The lowest BCUT2D eigenvalue weighted by Crippen LogP contribution is -2.43. The predicted molar refractivity (Wildman–Crippen MR) is 65.8 cm³/mol. The quantitative estimate of drug-likeness (QED) is 0.760. The Bertz CT molecular complexity index is 320. The van der Waals surface area contributed by atoms with Crippen LogP contribution >= 0.6 is 0 Å². The number of carbonyl (C=O) groups is 1. The van der Waals surface area contributed by atoms with E-state index in [-0.39, 0.29) is 11.5 Å². The lowest BCUT2D eigenvalue weighted by atomic mass is 9.87. The summed E-state index contributed by atoms with van der Waals surface area (Å²) < 4.78 is 0. The smallest absolute Gasteiger partial charge is 0.269 e. The third-order valence-corrected chi connectivity index (χ3v) is 3.29. The van der Waals surface area contributed by atoms with Crippen molar-refractivity contribution in [1.82, 2.24) is 10.6 Å². The number of hydrogen-bond donors (Lipinski definition) is 2. The van der Waals surface area contributed by atoms with Gasteiger partial charge in [-0.1, -0.05) is 19.0 Å². The number of hydrogen-bond acceptors (Lipinski definition) is 4. The third kappa shape index (κ3) is 2.97. The summed E-state index contributed by atoms with van der Waals surface area (Å²) in [7, 11) is 0. The molecule has 0 atom stereocenters. The molecule has 2 aliphatic heterocycles. The lowest BCUT2D eigenvalue weighted by molar-refractivity contribution is -0.115. The molecule has 17 heavy (non-hydrogen) atoms. The molecule has 0 bridgehead atoms. The van der Waals surface area contributed by atoms with Crippen LogP contribution in [0.3, 0.4) is 0 Å². The van der Waals surface area contributed by atoms with E-state index in [1.807, 2.05) is 0 Å². The molecule has 0 saturated carbocycles. The summed E-state index contributed by atoms with van der Waals surface area (Å²) in [4.78, 5) is 17.3. The summed E-state index contributed by atoms with van der Waals surface area (Å²) in [6, 6.07) is 0. The van der Waals surface area contributed by atoms with Gasteiger partial charge < -0.3 is 15.5 Å². The number of oxime groups is 1. The molecule has 0 radical (unpaired) electrons. The molecule has 2 aliphatic rings. The Morgan fingerprint density at radius 1 is 1.53 bits per heavy atom. The van der Waals surface area contributed by atoms with Gasteiger partial charge in [0.05, 0.1) is 0 Å². The minimum absolute atomic E-state index is 0.0749. The number of rotatable bonds is 3. The summed E-state index contributed by atoms with van der Waals surface area (Å²) >= 11 is 0. The molecule has 1 spiro atoms. The zero-order valence-electron chi connectivity index (χ0n) is 10.6. The maximum absolute atomic E-state index is 11.8. The molecule has 5 nitrogen and oxygen atoms in total. The van der Waals surface area contributed by atoms with Gasteiger partial charge in [0.15, 0.2) is 0 Å². The van der Waals surface area contributed by atoms with Crippen LogP contribution in [0.15, 0.2) is 5.16 Å². The fraction of sp³-hybridized carbons (Fsp3) is 0.833. The van der Waals surface area contributed by atoms with Crippen LogP contribution < -0.4 is 10.6 Å².